The van der Waals surface area contributed by atoms with Crippen LogP contribution in [0.5, 0.6) is 5.75 Å². The number of aromatic hydroxyl groups is 1. The molecular weight excluding hydrogens is 308 g/mol. The Balaban J connectivity index is 1.63. The van der Waals surface area contributed by atoms with Crippen molar-refractivity contribution in [2.24, 2.45) is 5.73 Å². The van der Waals surface area contributed by atoms with E-state index in [1.165, 1.54) is 0 Å². The Bertz CT molecular complexity index is 611. The molecule has 3 rings (SSSR count). The van der Waals surface area contributed by atoms with E-state index in [-0.39, 0.29) is 17.7 Å². The summed E-state index contributed by atoms with van der Waals surface area (Å²) in [6, 6.07) is 6.42. The first-order valence-corrected chi connectivity index (χ1v) is 8.42. The van der Waals surface area contributed by atoms with Crippen LogP contribution in [0.2, 0.25) is 0 Å². The monoisotopic (exact) mass is 332 g/mol. The molecule has 1 aromatic rings. The van der Waals surface area contributed by atoms with Crippen LogP contribution < -0.4 is 21.9 Å². The number of nitrogens with one attached hydrogen (secondary N) is 3. The molecule has 1 saturated carbocycles. The number of carbonyl (C=O) groups excluding carboxylic acids is 2. The predicted molar refractivity (Wildman–Crippen MR) is 88.7 cm³/mol. The van der Waals surface area contributed by atoms with E-state index in [0.717, 1.165) is 24.8 Å². The van der Waals surface area contributed by atoms with Crippen LogP contribution in [0.4, 0.5) is 0 Å². The van der Waals surface area contributed by atoms with Gasteiger partial charge >= 0.3 is 0 Å². The number of benzene rings is 1. The molecule has 0 spiro atoms. The minimum Gasteiger partial charge on any atom is -0.508 e. The summed E-state index contributed by atoms with van der Waals surface area (Å²) in [7, 11) is 0. The molecule has 24 heavy (non-hydrogen) atoms. The summed E-state index contributed by atoms with van der Waals surface area (Å²) < 4.78 is 0. The predicted octanol–water partition coefficient (Wildman–Crippen LogP) is 0.604. The minimum absolute atomic E-state index is 0.0303. The molecule has 7 nitrogen and oxygen atoms in total. The molecule has 1 aliphatic heterocycles. The molecular formula is C17H24N4O3. The molecule has 1 heterocycles. The number of amides is 2. The second-order valence-electron chi connectivity index (χ2n) is 6.72. The van der Waals surface area contributed by atoms with Gasteiger partial charge in [0.05, 0.1) is 0 Å². The molecule has 2 aliphatic rings. The van der Waals surface area contributed by atoms with Crippen molar-refractivity contribution in [3.8, 4) is 5.75 Å². The van der Waals surface area contributed by atoms with Crippen molar-refractivity contribution in [1.82, 2.24) is 16.2 Å². The Labute approximate surface area is 141 Å². The van der Waals surface area contributed by atoms with Gasteiger partial charge in [0.25, 0.3) is 0 Å². The lowest BCUT2D eigenvalue weighted by molar-refractivity contribution is -0.133. The van der Waals surface area contributed by atoms with Crippen molar-refractivity contribution in [3.63, 3.8) is 0 Å². The maximum absolute atomic E-state index is 12.6. The van der Waals surface area contributed by atoms with Crippen LogP contribution in [-0.2, 0) is 9.59 Å². The third-order valence-electron chi connectivity index (χ3n) is 5.06. The number of hydrazine groups is 1. The zero-order chi connectivity index (χ0) is 17.2. The van der Waals surface area contributed by atoms with Crippen LogP contribution in [0, 0.1) is 0 Å². The van der Waals surface area contributed by atoms with Crippen LogP contribution in [0.25, 0.3) is 0 Å². The Hall–Kier alpha value is -2.12. The first-order valence-electron chi connectivity index (χ1n) is 8.42. The van der Waals surface area contributed by atoms with Crippen LogP contribution in [-0.4, -0.2) is 28.5 Å². The molecule has 1 aromatic carbocycles. The van der Waals surface area contributed by atoms with Crippen LogP contribution in [0.15, 0.2) is 24.3 Å². The van der Waals surface area contributed by atoms with E-state index in [2.05, 4.69) is 16.2 Å². The average molecular weight is 332 g/mol. The van der Waals surface area contributed by atoms with Gasteiger partial charge in [0.15, 0.2) is 0 Å². The Morgan fingerprint density at radius 3 is 2.42 bits per heavy atom. The standard InChI is InChI=1S/C17H24N4O3/c18-16(24)17(8-2-1-3-9-17)19-15(23)14-10-13(20-21-14)11-4-6-12(22)7-5-11/h4-7,13-14,20-22H,1-3,8-10H2,(H2,18,24)(H,19,23). The number of hydrogen-bond donors (Lipinski definition) is 5. The fourth-order valence-corrected chi connectivity index (χ4v) is 3.56. The number of rotatable bonds is 4. The third-order valence-corrected chi connectivity index (χ3v) is 5.06. The number of nitrogens with two attached hydrogens (primary N) is 1. The van der Waals surface area contributed by atoms with Crippen LogP contribution in [0.1, 0.15) is 50.1 Å². The second kappa shape index (κ2) is 6.78. The van der Waals surface area contributed by atoms with Gasteiger partial charge in [-0.05, 0) is 37.0 Å². The highest BCUT2D eigenvalue weighted by Gasteiger charge is 2.41. The smallest absolute Gasteiger partial charge is 0.243 e. The van der Waals surface area contributed by atoms with Gasteiger partial charge in [-0.1, -0.05) is 31.4 Å². The highest BCUT2D eigenvalue weighted by Crippen LogP contribution is 2.29. The molecule has 1 saturated heterocycles. The Morgan fingerprint density at radius 1 is 1.12 bits per heavy atom. The zero-order valence-corrected chi connectivity index (χ0v) is 13.5. The summed E-state index contributed by atoms with van der Waals surface area (Å²) in [4.78, 5) is 24.5. The average Bonchev–Trinajstić information content (AvgIpc) is 3.06. The van der Waals surface area contributed by atoms with E-state index in [0.29, 0.717) is 19.3 Å². The van der Waals surface area contributed by atoms with Crippen molar-refractivity contribution in [2.75, 3.05) is 0 Å². The fraction of sp³-hybridized carbons (Fsp3) is 0.529. The summed E-state index contributed by atoms with van der Waals surface area (Å²) in [5.41, 5.74) is 11.7. The molecule has 0 radical (unpaired) electrons. The van der Waals surface area contributed by atoms with Crippen molar-refractivity contribution < 1.29 is 14.7 Å². The van der Waals surface area contributed by atoms with E-state index >= 15 is 0 Å². The largest absolute Gasteiger partial charge is 0.508 e. The molecule has 2 atom stereocenters. The fourth-order valence-electron chi connectivity index (χ4n) is 3.56. The van der Waals surface area contributed by atoms with E-state index in [9.17, 15) is 14.7 Å². The highest BCUT2D eigenvalue weighted by atomic mass is 16.3. The van der Waals surface area contributed by atoms with E-state index in [1.807, 2.05) is 12.1 Å². The number of carbonyl (C=O) groups is 2. The SMILES string of the molecule is NC(=O)C1(NC(=O)C2CC(c3ccc(O)cc3)NN2)CCCCC1. The van der Waals surface area contributed by atoms with Crippen LogP contribution in [0.3, 0.4) is 0 Å². The van der Waals surface area contributed by atoms with Gasteiger partial charge in [0.1, 0.15) is 17.3 Å². The number of hydrogen-bond acceptors (Lipinski definition) is 5. The van der Waals surface area contributed by atoms with Gasteiger partial charge in [0, 0.05) is 6.04 Å². The topological polar surface area (TPSA) is 116 Å². The number of phenols is 1. The first kappa shape index (κ1) is 16.7. The lowest BCUT2D eigenvalue weighted by Crippen LogP contribution is -2.61. The molecule has 130 valence electrons. The van der Waals surface area contributed by atoms with E-state index < -0.39 is 17.5 Å². The van der Waals surface area contributed by atoms with Gasteiger partial charge in [-0.2, -0.15) is 0 Å². The van der Waals surface area contributed by atoms with Gasteiger partial charge in [-0.3, -0.25) is 9.59 Å². The Morgan fingerprint density at radius 2 is 1.79 bits per heavy atom. The van der Waals surface area contributed by atoms with Gasteiger partial charge in [-0.15, -0.1) is 0 Å². The maximum atomic E-state index is 12.6. The van der Waals surface area contributed by atoms with Crippen molar-refractivity contribution >= 4 is 11.8 Å². The van der Waals surface area contributed by atoms with Gasteiger partial charge in [-0.25, -0.2) is 10.9 Å². The molecule has 0 aromatic heterocycles. The number of primary amides is 1. The summed E-state index contributed by atoms with van der Waals surface area (Å²) in [6.45, 7) is 0. The van der Waals surface area contributed by atoms with Crippen LogP contribution >= 0.6 is 0 Å². The molecule has 7 heteroatoms. The molecule has 1 aliphatic carbocycles. The normalized spacial score (nSPS) is 26.0. The quantitative estimate of drug-likeness (QED) is 0.554. The molecule has 2 amide bonds. The zero-order valence-electron chi connectivity index (χ0n) is 13.5. The summed E-state index contributed by atoms with van der Waals surface area (Å²) in [6.07, 6.45) is 4.64. The summed E-state index contributed by atoms with van der Waals surface area (Å²) in [5, 5.41) is 12.3. The minimum atomic E-state index is -0.909. The maximum Gasteiger partial charge on any atom is 0.243 e. The van der Waals surface area contributed by atoms with E-state index in [1.54, 1.807) is 12.1 Å². The lowest BCUT2D eigenvalue weighted by Gasteiger charge is -2.35. The van der Waals surface area contributed by atoms with Crippen molar-refractivity contribution in [3.05, 3.63) is 29.8 Å². The second-order valence-corrected chi connectivity index (χ2v) is 6.72. The first-order chi connectivity index (χ1) is 11.5. The number of phenolic OH excluding ortho intramolecular Hbond substituents is 1. The van der Waals surface area contributed by atoms with Gasteiger partial charge in [0.2, 0.25) is 11.8 Å². The Kier molecular flexibility index (Phi) is 4.73. The molecule has 2 fully saturated rings. The van der Waals surface area contributed by atoms with E-state index in [4.69, 9.17) is 5.73 Å². The van der Waals surface area contributed by atoms with Crippen molar-refractivity contribution in [1.29, 1.82) is 0 Å². The summed E-state index contributed by atoms with van der Waals surface area (Å²) >= 11 is 0. The lowest BCUT2D eigenvalue weighted by atomic mass is 9.80. The molecule has 0 bridgehead atoms. The molecule has 2 unspecified atom stereocenters. The van der Waals surface area contributed by atoms with Crippen molar-refractivity contribution in [2.45, 2.75) is 56.1 Å². The highest BCUT2D eigenvalue weighted by molar-refractivity contribution is 5.92. The van der Waals surface area contributed by atoms with Gasteiger partial charge < -0.3 is 16.2 Å². The third kappa shape index (κ3) is 3.37. The summed E-state index contributed by atoms with van der Waals surface area (Å²) in [5.74, 6) is -0.444. The molecule has 6 N–H and O–H groups in total.